The molecule has 4 rings (SSSR count). The fourth-order valence-electron chi connectivity index (χ4n) is 2.78. The molecule has 0 aliphatic carbocycles. The average molecular weight is 384 g/mol. The number of halogens is 1. The van der Waals surface area contributed by atoms with E-state index >= 15 is 0 Å². The molecule has 0 aliphatic heterocycles. The Hall–Kier alpha value is -4.06. The summed E-state index contributed by atoms with van der Waals surface area (Å²) in [5, 5.41) is 5.95. The van der Waals surface area contributed by atoms with Gasteiger partial charge in [0.2, 0.25) is 0 Å². The summed E-state index contributed by atoms with van der Waals surface area (Å²) in [6, 6.07) is 24.4. The van der Waals surface area contributed by atoms with Gasteiger partial charge in [-0.25, -0.2) is 14.4 Å². The molecule has 2 N–H and O–H groups in total. The highest BCUT2D eigenvalue weighted by atomic mass is 19.1. The summed E-state index contributed by atoms with van der Waals surface area (Å²) in [5.74, 6) is 0.0393. The minimum Gasteiger partial charge on any atom is -0.340 e. The predicted molar refractivity (Wildman–Crippen MR) is 112 cm³/mol. The van der Waals surface area contributed by atoms with E-state index in [4.69, 9.17) is 0 Å². The second-order valence-corrected chi connectivity index (χ2v) is 6.32. The van der Waals surface area contributed by atoms with Crippen LogP contribution in [0.2, 0.25) is 0 Å². The van der Waals surface area contributed by atoms with Crippen molar-refractivity contribution in [2.24, 2.45) is 0 Å². The zero-order valence-corrected chi connectivity index (χ0v) is 15.3. The van der Waals surface area contributed by atoms with Crippen LogP contribution in [0.1, 0.15) is 10.4 Å². The lowest BCUT2D eigenvalue weighted by Crippen LogP contribution is -2.11. The van der Waals surface area contributed by atoms with Crippen LogP contribution in [0.4, 0.5) is 21.6 Å². The van der Waals surface area contributed by atoms with Crippen LogP contribution in [0.15, 0.2) is 91.3 Å². The lowest BCUT2D eigenvalue weighted by Gasteiger charge is -2.09. The van der Waals surface area contributed by atoms with Crippen molar-refractivity contribution in [2.45, 2.75) is 0 Å². The molecule has 0 saturated heterocycles. The first-order valence-corrected chi connectivity index (χ1v) is 8.99. The number of carbonyl (C=O) groups is 1. The molecule has 1 amide bonds. The summed E-state index contributed by atoms with van der Waals surface area (Å²) in [4.78, 5) is 20.9. The maximum Gasteiger partial charge on any atom is 0.255 e. The first-order chi connectivity index (χ1) is 14.2. The number of hydrogen-bond donors (Lipinski definition) is 2. The third-order valence-electron chi connectivity index (χ3n) is 4.26. The molecule has 1 aromatic heterocycles. The second kappa shape index (κ2) is 8.31. The second-order valence-electron chi connectivity index (χ2n) is 6.32. The van der Waals surface area contributed by atoms with Crippen LogP contribution >= 0.6 is 0 Å². The van der Waals surface area contributed by atoms with Crippen LogP contribution in [0.3, 0.4) is 0 Å². The zero-order chi connectivity index (χ0) is 20.1. The molecule has 0 fully saturated rings. The van der Waals surface area contributed by atoms with Crippen LogP contribution in [-0.4, -0.2) is 15.9 Å². The van der Waals surface area contributed by atoms with E-state index in [1.807, 2.05) is 36.4 Å². The Kier molecular flexibility index (Phi) is 5.25. The third kappa shape index (κ3) is 4.62. The molecule has 0 aliphatic rings. The quantitative estimate of drug-likeness (QED) is 0.491. The minimum atomic E-state index is -0.349. The number of nitrogens with zero attached hydrogens (tertiary/aromatic N) is 2. The van der Waals surface area contributed by atoms with Crippen LogP contribution in [0, 0.1) is 5.82 Å². The lowest BCUT2D eigenvalue weighted by atomic mass is 10.1. The normalized spacial score (nSPS) is 10.4. The predicted octanol–water partition coefficient (Wildman–Crippen LogP) is 5.28. The highest BCUT2D eigenvalue weighted by Gasteiger charge is 2.07. The largest absolute Gasteiger partial charge is 0.340 e. The maximum absolute atomic E-state index is 13.0. The van der Waals surface area contributed by atoms with E-state index < -0.39 is 0 Å². The van der Waals surface area contributed by atoms with Crippen molar-refractivity contribution in [3.8, 4) is 11.3 Å². The lowest BCUT2D eigenvalue weighted by molar-refractivity contribution is 0.102. The monoisotopic (exact) mass is 384 g/mol. The van der Waals surface area contributed by atoms with Crippen molar-refractivity contribution in [1.82, 2.24) is 9.97 Å². The Morgan fingerprint density at radius 1 is 0.793 bits per heavy atom. The molecule has 3 aromatic carbocycles. The van der Waals surface area contributed by atoms with Crippen molar-refractivity contribution in [3.05, 3.63) is 103 Å². The Labute approximate surface area is 167 Å². The van der Waals surface area contributed by atoms with Gasteiger partial charge in [-0.1, -0.05) is 30.3 Å². The molecule has 0 atom stereocenters. The van der Waals surface area contributed by atoms with Gasteiger partial charge in [-0.05, 0) is 48.5 Å². The summed E-state index contributed by atoms with van der Waals surface area (Å²) in [7, 11) is 0. The summed E-state index contributed by atoms with van der Waals surface area (Å²) < 4.78 is 13.0. The molecular formula is C23H17FN4O. The number of hydrogen-bond acceptors (Lipinski definition) is 4. The number of rotatable bonds is 5. The molecule has 0 radical (unpaired) electrons. The number of aromatic nitrogens is 2. The maximum atomic E-state index is 13.0. The van der Waals surface area contributed by atoms with Crippen molar-refractivity contribution in [2.75, 3.05) is 10.6 Å². The molecule has 1 heterocycles. The molecule has 0 unspecified atom stereocenters. The van der Waals surface area contributed by atoms with Gasteiger partial charge < -0.3 is 10.6 Å². The highest BCUT2D eigenvalue weighted by molar-refractivity contribution is 6.04. The highest BCUT2D eigenvalue weighted by Crippen LogP contribution is 2.21. The van der Waals surface area contributed by atoms with E-state index in [-0.39, 0.29) is 11.7 Å². The summed E-state index contributed by atoms with van der Waals surface area (Å²) >= 11 is 0. The van der Waals surface area contributed by atoms with Crippen LogP contribution in [0.25, 0.3) is 11.3 Å². The molecule has 5 nitrogen and oxygen atoms in total. The number of benzene rings is 3. The van der Waals surface area contributed by atoms with Gasteiger partial charge in [-0.15, -0.1) is 0 Å². The zero-order valence-electron chi connectivity index (χ0n) is 15.3. The first kappa shape index (κ1) is 18.3. The third-order valence-corrected chi connectivity index (χ3v) is 4.26. The van der Waals surface area contributed by atoms with Gasteiger partial charge in [0.25, 0.3) is 5.91 Å². The summed E-state index contributed by atoms with van der Waals surface area (Å²) in [6.45, 7) is 0. The van der Waals surface area contributed by atoms with Crippen LogP contribution < -0.4 is 10.6 Å². The van der Waals surface area contributed by atoms with E-state index in [0.717, 1.165) is 16.9 Å². The Bertz CT molecular complexity index is 1110. The molecule has 6 heteroatoms. The topological polar surface area (TPSA) is 66.9 Å². The van der Waals surface area contributed by atoms with Gasteiger partial charge in [-0.3, -0.25) is 4.79 Å². The van der Waals surface area contributed by atoms with Gasteiger partial charge in [0.15, 0.2) is 0 Å². The number of anilines is 3. The average Bonchev–Trinajstić information content (AvgIpc) is 2.77. The van der Waals surface area contributed by atoms with E-state index in [0.29, 0.717) is 17.1 Å². The summed E-state index contributed by atoms with van der Waals surface area (Å²) in [6.07, 6.45) is 1.51. The molecule has 4 aromatic rings. The first-order valence-electron chi connectivity index (χ1n) is 8.99. The SMILES string of the molecule is O=C(Nc1ccc(F)cc1)c1ccc(Nc2cc(-c3ccccc3)ncn2)cc1. The van der Waals surface area contributed by atoms with Gasteiger partial charge in [0, 0.05) is 28.6 Å². The molecule has 0 bridgehead atoms. The Morgan fingerprint density at radius 2 is 1.48 bits per heavy atom. The van der Waals surface area contributed by atoms with Crippen molar-refractivity contribution < 1.29 is 9.18 Å². The minimum absolute atomic E-state index is 0.267. The van der Waals surface area contributed by atoms with Crippen molar-refractivity contribution in [3.63, 3.8) is 0 Å². The standard InChI is InChI=1S/C23H17FN4O/c24-18-8-12-20(13-9-18)28-23(29)17-6-10-19(11-7-17)27-22-14-21(25-15-26-22)16-4-2-1-3-5-16/h1-15H,(H,28,29)(H,25,26,27). The van der Waals surface area contributed by atoms with E-state index in [1.54, 1.807) is 24.3 Å². The van der Waals surface area contributed by atoms with Crippen LogP contribution in [0.5, 0.6) is 0 Å². The van der Waals surface area contributed by atoms with Crippen molar-refractivity contribution in [1.29, 1.82) is 0 Å². The van der Waals surface area contributed by atoms with Gasteiger partial charge >= 0.3 is 0 Å². The smallest absolute Gasteiger partial charge is 0.255 e. The molecular weight excluding hydrogens is 367 g/mol. The molecule has 0 saturated carbocycles. The molecule has 142 valence electrons. The van der Waals surface area contributed by atoms with Gasteiger partial charge in [-0.2, -0.15) is 0 Å². The Balaban J connectivity index is 1.44. The van der Waals surface area contributed by atoms with E-state index in [1.165, 1.54) is 30.6 Å². The van der Waals surface area contributed by atoms with Crippen molar-refractivity contribution >= 4 is 23.1 Å². The number of nitrogens with one attached hydrogen (secondary N) is 2. The fourth-order valence-corrected chi connectivity index (χ4v) is 2.78. The number of amides is 1. The Morgan fingerprint density at radius 3 is 2.21 bits per heavy atom. The fraction of sp³-hybridized carbons (Fsp3) is 0. The van der Waals surface area contributed by atoms with E-state index in [9.17, 15) is 9.18 Å². The van der Waals surface area contributed by atoms with Crippen LogP contribution in [-0.2, 0) is 0 Å². The number of carbonyl (C=O) groups excluding carboxylic acids is 1. The van der Waals surface area contributed by atoms with Gasteiger partial charge in [0.05, 0.1) is 5.69 Å². The summed E-state index contributed by atoms with van der Waals surface area (Å²) in [5.41, 5.74) is 3.64. The molecule has 29 heavy (non-hydrogen) atoms. The molecule has 0 spiro atoms. The van der Waals surface area contributed by atoms with Gasteiger partial charge in [0.1, 0.15) is 18.0 Å². The van der Waals surface area contributed by atoms with E-state index in [2.05, 4.69) is 20.6 Å².